The lowest BCUT2D eigenvalue weighted by atomic mass is 9.75. The third-order valence-electron chi connectivity index (χ3n) is 4.30. The summed E-state index contributed by atoms with van der Waals surface area (Å²) in [6, 6.07) is 14.4. The molecule has 0 amide bonds. The standard InChI is InChI=1S/C19H24O2/c1-14-5-8-18(9-6-14)19(12-20,13-21)11-17-10-15(2)4-7-16(17)3/h4-10,20-21H,11-13H2,1-3H3. The van der Waals surface area contributed by atoms with E-state index in [-0.39, 0.29) is 13.2 Å². The second-order valence-electron chi connectivity index (χ2n) is 6.07. The molecule has 2 rings (SSSR count). The first-order valence-corrected chi connectivity index (χ1v) is 7.36. The number of hydrogen-bond donors (Lipinski definition) is 2. The average Bonchev–Trinajstić information content (AvgIpc) is 2.49. The van der Waals surface area contributed by atoms with E-state index in [9.17, 15) is 10.2 Å². The molecule has 112 valence electrons. The minimum Gasteiger partial charge on any atom is -0.395 e. The monoisotopic (exact) mass is 284 g/mol. The number of rotatable bonds is 5. The topological polar surface area (TPSA) is 40.5 Å². The summed E-state index contributed by atoms with van der Waals surface area (Å²) in [6.45, 7) is 6.03. The number of aliphatic hydroxyl groups is 2. The van der Waals surface area contributed by atoms with Gasteiger partial charge in [-0.05, 0) is 43.9 Å². The molecule has 0 atom stereocenters. The van der Waals surface area contributed by atoms with E-state index in [4.69, 9.17) is 0 Å². The summed E-state index contributed by atoms with van der Waals surface area (Å²) >= 11 is 0. The molecule has 0 fully saturated rings. The molecule has 0 unspecified atom stereocenters. The molecule has 0 aromatic heterocycles. The third kappa shape index (κ3) is 3.34. The molecule has 0 saturated carbocycles. The second-order valence-corrected chi connectivity index (χ2v) is 6.07. The van der Waals surface area contributed by atoms with Gasteiger partial charge in [0.05, 0.1) is 13.2 Å². The Morgan fingerprint density at radius 3 is 1.95 bits per heavy atom. The Hall–Kier alpha value is -1.64. The molecule has 2 aromatic rings. The van der Waals surface area contributed by atoms with Crippen LogP contribution in [0.2, 0.25) is 0 Å². The van der Waals surface area contributed by atoms with Crippen LogP contribution in [0.5, 0.6) is 0 Å². The van der Waals surface area contributed by atoms with E-state index in [2.05, 4.69) is 32.0 Å². The van der Waals surface area contributed by atoms with Gasteiger partial charge in [0, 0.05) is 5.41 Å². The maximum absolute atomic E-state index is 9.96. The van der Waals surface area contributed by atoms with Crippen LogP contribution in [0.1, 0.15) is 27.8 Å². The zero-order valence-corrected chi connectivity index (χ0v) is 13.1. The largest absolute Gasteiger partial charge is 0.395 e. The van der Waals surface area contributed by atoms with Gasteiger partial charge in [0.2, 0.25) is 0 Å². The zero-order chi connectivity index (χ0) is 15.5. The van der Waals surface area contributed by atoms with Gasteiger partial charge in [0.15, 0.2) is 0 Å². The lowest BCUT2D eigenvalue weighted by Gasteiger charge is -2.31. The van der Waals surface area contributed by atoms with Crippen molar-refractivity contribution in [2.75, 3.05) is 13.2 Å². The minimum atomic E-state index is -0.633. The van der Waals surface area contributed by atoms with E-state index in [1.807, 2.05) is 31.2 Å². The highest BCUT2D eigenvalue weighted by Crippen LogP contribution is 2.30. The lowest BCUT2D eigenvalue weighted by Crippen LogP contribution is -2.37. The molecule has 0 spiro atoms. The quantitative estimate of drug-likeness (QED) is 0.886. The first-order chi connectivity index (χ1) is 10.0. The Kier molecular flexibility index (Phi) is 4.81. The molecule has 2 aromatic carbocycles. The van der Waals surface area contributed by atoms with Gasteiger partial charge >= 0.3 is 0 Å². The molecule has 2 N–H and O–H groups in total. The summed E-state index contributed by atoms with van der Waals surface area (Å²) in [7, 11) is 0. The van der Waals surface area contributed by atoms with Crippen LogP contribution in [0, 0.1) is 20.8 Å². The molecule has 2 heteroatoms. The van der Waals surface area contributed by atoms with Crippen molar-refractivity contribution in [1.29, 1.82) is 0 Å². The molecule has 0 radical (unpaired) electrons. The fourth-order valence-corrected chi connectivity index (χ4v) is 2.71. The van der Waals surface area contributed by atoms with E-state index in [1.165, 1.54) is 22.3 Å². The first kappa shape index (κ1) is 15.7. The highest BCUT2D eigenvalue weighted by molar-refractivity contribution is 5.36. The van der Waals surface area contributed by atoms with Gasteiger partial charge in [-0.3, -0.25) is 0 Å². The van der Waals surface area contributed by atoms with Crippen LogP contribution in [0.4, 0.5) is 0 Å². The van der Waals surface area contributed by atoms with Crippen molar-refractivity contribution in [3.8, 4) is 0 Å². The molecule has 2 nitrogen and oxygen atoms in total. The summed E-state index contributed by atoms with van der Waals surface area (Å²) in [5, 5.41) is 19.9. The molecule has 0 bridgehead atoms. The second kappa shape index (κ2) is 6.42. The molecule has 0 heterocycles. The number of benzene rings is 2. The van der Waals surface area contributed by atoms with Crippen molar-refractivity contribution in [3.05, 3.63) is 70.3 Å². The van der Waals surface area contributed by atoms with Gasteiger partial charge in [-0.15, -0.1) is 0 Å². The molecular weight excluding hydrogens is 260 g/mol. The smallest absolute Gasteiger partial charge is 0.0553 e. The summed E-state index contributed by atoms with van der Waals surface area (Å²) < 4.78 is 0. The first-order valence-electron chi connectivity index (χ1n) is 7.36. The van der Waals surface area contributed by atoms with Crippen molar-refractivity contribution in [2.24, 2.45) is 0 Å². The molecule has 0 aliphatic rings. The minimum absolute atomic E-state index is 0.0695. The normalized spacial score (nSPS) is 11.7. The van der Waals surface area contributed by atoms with E-state index in [1.54, 1.807) is 0 Å². The fourth-order valence-electron chi connectivity index (χ4n) is 2.71. The number of aryl methyl sites for hydroxylation is 3. The van der Waals surface area contributed by atoms with E-state index in [0.717, 1.165) is 5.56 Å². The van der Waals surface area contributed by atoms with Gasteiger partial charge in [-0.1, -0.05) is 53.6 Å². The van der Waals surface area contributed by atoms with E-state index in [0.29, 0.717) is 6.42 Å². The summed E-state index contributed by atoms with van der Waals surface area (Å²) in [5.74, 6) is 0. The van der Waals surface area contributed by atoms with Gasteiger partial charge in [-0.2, -0.15) is 0 Å². The predicted molar refractivity (Wildman–Crippen MR) is 86.6 cm³/mol. The Morgan fingerprint density at radius 2 is 1.38 bits per heavy atom. The van der Waals surface area contributed by atoms with Crippen LogP contribution in [0.3, 0.4) is 0 Å². The van der Waals surface area contributed by atoms with Gasteiger partial charge in [-0.25, -0.2) is 0 Å². The van der Waals surface area contributed by atoms with Crippen LogP contribution in [0.25, 0.3) is 0 Å². The summed E-state index contributed by atoms with van der Waals surface area (Å²) in [5.41, 5.74) is 5.10. The average molecular weight is 284 g/mol. The van der Waals surface area contributed by atoms with Crippen LogP contribution < -0.4 is 0 Å². The highest BCUT2D eigenvalue weighted by Gasteiger charge is 2.31. The predicted octanol–water partition coefficient (Wildman–Crippen LogP) is 3.08. The molecule has 0 aliphatic carbocycles. The van der Waals surface area contributed by atoms with Crippen molar-refractivity contribution >= 4 is 0 Å². The molecule has 21 heavy (non-hydrogen) atoms. The highest BCUT2D eigenvalue weighted by atomic mass is 16.3. The molecule has 0 saturated heterocycles. The van der Waals surface area contributed by atoms with Crippen molar-refractivity contribution in [1.82, 2.24) is 0 Å². The summed E-state index contributed by atoms with van der Waals surface area (Å²) in [4.78, 5) is 0. The van der Waals surface area contributed by atoms with Crippen LogP contribution >= 0.6 is 0 Å². The summed E-state index contributed by atoms with van der Waals surface area (Å²) in [6.07, 6.45) is 0.635. The maximum atomic E-state index is 9.96. The van der Waals surface area contributed by atoms with E-state index >= 15 is 0 Å². The molecular formula is C19H24O2. The number of aliphatic hydroxyl groups excluding tert-OH is 2. The third-order valence-corrected chi connectivity index (χ3v) is 4.30. The van der Waals surface area contributed by atoms with Gasteiger partial charge in [0.1, 0.15) is 0 Å². The Morgan fingerprint density at radius 1 is 0.810 bits per heavy atom. The molecule has 0 aliphatic heterocycles. The Balaban J connectivity index is 2.42. The van der Waals surface area contributed by atoms with Gasteiger partial charge < -0.3 is 10.2 Å². The Bertz CT molecular complexity index is 595. The van der Waals surface area contributed by atoms with Crippen molar-refractivity contribution in [3.63, 3.8) is 0 Å². The number of hydrogen-bond acceptors (Lipinski definition) is 2. The lowest BCUT2D eigenvalue weighted by molar-refractivity contribution is 0.116. The van der Waals surface area contributed by atoms with Crippen LogP contribution in [0.15, 0.2) is 42.5 Å². The van der Waals surface area contributed by atoms with Crippen molar-refractivity contribution in [2.45, 2.75) is 32.6 Å². The van der Waals surface area contributed by atoms with Crippen molar-refractivity contribution < 1.29 is 10.2 Å². The van der Waals surface area contributed by atoms with Crippen LogP contribution in [-0.4, -0.2) is 23.4 Å². The van der Waals surface area contributed by atoms with E-state index < -0.39 is 5.41 Å². The zero-order valence-electron chi connectivity index (χ0n) is 13.1. The fraction of sp³-hybridized carbons (Fsp3) is 0.368. The SMILES string of the molecule is Cc1ccc(C(CO)(CO)Cc2cc(C)ccc2C)cc1. The van der Waals surface area contributed by atoms with Gasteiger partial charge in [0.25, 0.3) is 0 Å². The maximum Gasteiger partial charge on any atom is 0.0553 e. The Labute approximate surface area is 127 Å². The van der Waals surface area contributed by atoms with Crippen LogP contribution in [-0.2, 0) is 11.8 Å².